The number of urea groups is 1. The number of anilines is 1. The average molecular weight is 608 g/mol. The standard InChI is InChI=1S/C31H44F3N5O4/c1-7-8-27(40)26(13-14-39(6)18-22-10-9-20(4)15-21(22)5)37-28(41)17-35-29(42)24-16-23(31(32,33)34)11-12-25(24)38-30(43)36-19(2)3/h9-12,15-16,19,26-27,40H,7-8,13-14,17-18H2,1-6H3,(H,35,42)(H,37,41)(H2,36,38,43). The van der Waals surface area contributed by atoms with Crippen LogP contribution < -0.4 is 21.3 Å². The maximum absolute atomic E-state index is 13.4. The third-order valence-electron chi connectivity index (χ3n) is 6.82. The molecule has 0 radical (unpaired) electrons. The summed E-state index contributed by atoms with van der Waals surface area (Å²) >= 11 is 0. The molecule has 0 aliphatic carbocycles. The Kier molecular flexibility index (Phi) is 13.5. The molecule has 0 spiro atoms. The van der Waals surface area contributed by atoms with Crippen LogP contribution in [-0.4, -0.2) is 66.2 Å². The topological polar surface area (TPSA) is 123 Å². The molecule has 2 aromatic rings. The van der Waals surface area contributed by atoms with Crippen molar-refractivity contribution in [3.63, 3.8) is 0 Å². The van der Waals surface area contributed by atoms with E-state index in [1.807, 2.05) is 20.9 Å². The van der Waals surface area contributed by atoms with Gasteiger partial charge in [0.25, 0.3) is 5.91 Å². The predicted molar refractivity (Wildman–Crippen MR) is 161 cm³/mol. The fraction of sp³-hybridized carbons (Fsp3) is 0.516. The van der Waals surface area contributed by atoms with E-state index in [2.05, 4.69) is 51.3 Å². The molecule has 238 valence electrons. The van der Waals surface area contributed by atoms with Crippen LogP contribution in [0, 0.1) is 13.8 Å². The third-order valence-corrected chi connectivity index (χ3v) is 6.82. The zero-order valence-electron chi connectivity index (χ0n) is 25.7. The van der Waals surface area contributed by atoms with E-state index in [1.165, 1.54) is 16.7 Å². The van der Waals surface area contributed by atoms with E-state index in [9.17, 15) is 32.7 Å². The van der Waals surface area contributed by atoms with Gasteiger partial charge in [0.2, 0.25) is 5.91 Å². The Morgan fingerprint density at radius 2 is 1.70 bits per heavy atom. The van der Waals surface area contributed by atoms with Crippen LogP contribution in [0.15, 0.2) is 36.4 Å². The van der Waals surface area contributed by atoms with E-state index in [4.69, 9.17) is 0 Å². The van der Waals surface area contributed by atoms with Crippen LogP contribution in [0.25, 0.3) is 0 Å². The molecule has 0 aliphatic rings. The van der Waals surface area contributed by atoms with Gasteiger partial charge in [-0.05, 0) is 76.9 Å². The summed E-state index contributed by atoms with van der Waals surface area (Å²) < 4.78 is 40.1. The summed E-state index contributed by atoms with van der Waals surface area (Å²) in [7, 11) is 1.95. The van der Waals surface area contributed by atoms with Crippen molar-refractivity contribution in [2.24, 2.45) is 0 Å². The Labute approximate surface area is 251 Å². The highest BCUT2D eigenvalue weighted by atomic mass is 19.4. The molecule has 12 heteroatoms. The molecule has 0 heterocycles. The molecule has 2 unspecified atom stereocenters. The lowest BCUT2D eigenvalue weighted by atomic mass is 10.0. The number of carbonyl (C=O) groups is 3. The predicted octanol–water partition coefficient (Wildman–Crippen LogP) is 4.75. The molecule has 0 saturated carbocycles. The highest BCUT2D eigenvalue weighted by molar-refractivity contribution is 6.04. The first kappa shape index (κ1) is 35.6. The van der Waals surface area contributed by atoms with Crippen molar-refractivity contribution in [1.82, 2.24) is 20.9 Å². The van der Waals surface area contributed by atoms with Crippen LogP contribution in [0.5, 0.6) is 0 Å². The van der Waals surface area contributed by atoms with Crippen LogP contribution in [0.1, 0.15) is 72.6 Å². The lowest BCUT2D eigenvalue weighted by Crippen LogP contribution is -2.48. The number of aliphatic hydroxyl groups excluding tert-OH is 1. The number of alkyl halides is 3. The number of nitrogens with one attached hydrogen (secondary N) is 4. The monoisotopic (exact) mass is 607 g/mol. The van der Waals surface area contributed by atoms with E-state index in [0.717, 1.165) is 12.1 Å². The fourth-order valence-electron chi connectivity index (χ4n) is 4.56. The minimum Gasteiger partial charge on any atom is -0.391 e. The number of hydrogen-bond donors (Lipinski definition) is 5. The van der Waals surface area contributed by atoms with Gasteiger partial charge in [-0.1, -0.05) is 37.1 Å². The third kappa shape index (κ3) is 11.9. The molecule has 0 saturated heterocycles. The number of nitrogens with zero attached hydrogens (tertiary/aromatic N) is 1. The highest BCUT2D eigenvalue weighted by Crippen LogP contribution is 2.32. The Morgan fingerprint density at radius 1 is 1.00 bits per heavy atom. The maximum Gasteiger partial charge on any atom is 0.416 e. The summed E-state index contributed by atoms with van der Waals surface area (Å²) in [4.78, 5) is 40.0. The van der Waals surface area contributed by atoms with Crippen LogP contribution in [0.3, 0.4) is 0 Å². The largest absolute Gasteiger partial charge is 0.416 e. The van der Waals surface area contributed by atoms with E-state index in [-0.39, 0.29) is 11.7 Å². The second-order valence-corrected chi connectivity index (χ2v) is 11.2. The van der Waals surface area contributed by atoms with Gasteiger partial charge in [0.05, 0.1) is 35.5 Å². The smallest absolute Gasteiger partial charge is 0.391 e. The maximum atomic E-state index is 13.4. The van der Waals surface area contributed by atoms with Crippen LogP contribution in [-0.2, 0) is 17.5 Å². The van der Waals surface area contributed by atoms with Crippen molar-refractivity contribution in [1.29, 1.82) is 0 Å². The van der Waals surface area contributed by atoms with Gasteiger partial charge in [0.15, 0.2) is 0 Å². The molecule has 2 rings (SSSR count). The molecule has 0 bridgehead atoms. The molecule has 0 fully saturated rings. The van der Waals surface area contributed by atoms with Crippen LogP contribution in [0.2, 0.25) is 0 Å². The number of carbonyl (C=O) groups excluding carboxylic acids is 3. The van der Waals surface area contributed by atoms with E-state index < -0.39 is 53.8 Å². The zero-order valence-corrected chi connectivity index (χ0v) is 25.7. The van der Waals surface area contributed by atoms with E-state index >= 15 is 0 Å². The average Bonchev–Trinajstić information content (AvgIpc) is 2.90. The second-order valence-electron chi connectivity index (χ2n) is 11.2. The minimum atomic E-state index is -4.72. The van der Waals surface area contributed by atoms with Gasteiger partial charge in [0, 0.05) is 19.1 Å². The summed E-state index contributed by atoms with van der Waals surface area (Å²) in [5, 5.41) is 20.7. The summed E-state index contributed by atoms with van der Waals surface area (Å²) in [5.41, 5.74) is 1.86. The first-order valence-electron chi connectivity index (χ1n) is 14.4. The van der Waals surface area contributed by atoms with Crippen LogP contribution >= 0.6 is 0 Å². The van der Waals surface area contributed by atoms with Crippen molar-refractivity contribution in [3.8, 4) is 0 Å². The minimum absolute atomic E-state index is 0.146. The Balaban J connectivity index is 2.08. The number of aliphatic hydroxyl groups is 1. The van der Waals surface area contributed by atoms with Gasteiger partial charge in [-0.15, -0.1) is 0 Å². The normalized spacial score (nSPS) is 13.0. The molecule has 43 heavy (non-hydrogen) atoms. The number of halogens is 3. The van der Waals surface area contributed by atoms with Crippen LogP contribution in [0.4, 0.5) is 23.7 Å². The highest BCUT2D eigenvalue weighted by Gasteiger charge is 2.32. The van der Waals surface area contributed by atoms with Gasteiger partial charge < -0.3 is 31.3 Å². The quantitative estimate of drug-likeness (QED) is 0.212. The SMILES string of the molecule is CCCC(O)C(CCN(C)Cc1ccc(C)cc1C)NC(=O)CNC(=O)c1cc(C(F)(F)F)ccc1NC(=O)NC(C)C. The van der Waals surface area contributed by atoms with Gasteiger partial charge >= 0.3 is 12.2 Å². The molecular weight excluding hydrogens is 563 g/mol. The molecular formula is C31H44F3N5O4. The van der Waals surface area contributed by atoms with E-state index in [1.54, 1.807) is 13.8 Å². The number of amides is 4. The summed E-state index contributed by atoms with van der Waals surface area (Å²) in [6.07, 6.45) is -3.96. The molecule has 9 nitrogen and oxygen atoms in total. The summed E-state index contributed by atoms with van der Waals surface area (Å²) in [6, 6.07) is 7.07. The molecule has 5 N–H and O–H groups in total. The molecule has 0 aliphatic heterocycles. The first-order valence-corrected chi connectivity index (χ1v) is 14.4. The number of aryl methyl sites for hydroxylation is 2. The van der Waals surface area contributed by atoms with E-state index in [0.29, 0.717) is 38.4 Å². The number of benzene rings is 2. The summed E-state index contributed by atoms with van der Waals surface area (Å²) in [6.45, 7) is 10.1. The lowest BCUT2D eigenvalue weighted by Gasteiger charge is -2.27. The second kappa shape index (κ2) is 16.3. The Morgan fingerprint density at radius 3 is 2.30 bits per heavy atom. The number of hydrogen-bond acceptors (Lipinski definition) is 5. The van der Waals surface area contributed by atoms with Crippen molar-refractivity contribution in [2.45, 2.75) is 84.8 Å². The van der Waals surface area contributed by atoms with Crippen molar-refractivity contribution >= 4 is 23.5 Å². The van der Waals surface area contributed by atoms with Gasteiger partial charge in [-0.2, -0.15) is 13.2 Å². The molecule has 2 aromatic carbocycles. The summed E-state index contributed by atoms with van der Waals surface area (Å²) in [5.74, 6) is -1.58. The zero-order chi connectivity index (χ0) is 32.3. The van der Waals surface area contributed by atoms with Crippen molar-refractivity contribution in [2.75, 3.05) is 25.5 Å². The number of rotatable bonds is 14. The fourth-order valence-corrected chi connectivity index (χ4v) is 4.56. The Bertz CT molecular complexity index is 1250. The van der Waals surface area contributed by atoms with Crippen molar-refractivity contribution < 1.29 is 32.7 Å². The lowest BCUT2D eigenvalue weighted by molar-refractivity contribution is -0.137. The molecule has 4 amide bonds. The first-order chi connectivity index (χ1) is 20.1. The van der Waals surface area contributed by atoms with Gasteiger partial charge in [-0.3, -0.25) is 9.59 Å². The molecule has 2 atom stereocenters. The molecule has 0 aromatic heterocycles. The van der Waals surface area contributed by atoms with Crippen molar-refractivity contribution in [3.05, 3.63) is 64.2 Å². The van der Waals surface area contributed by atoms with Gasteiger partial charge in [0.1, 0.15) is 0 Å². The van der Waals surface area contributed by atoms with Gasteiger partial charge in [-0.25, -0.2) is 4.79 Å². The Hall–Kier alpha value is -3.64.